The summed E-state index contributed by atoms with van der Waals surface area (Å²) in [7, 11) is 1.69. The molecule has 0 saturated carbocycles. The fraction of sp³-hybridized carbons (Fsp3) is 0.500. The zero-order valence-electron chi connectivity index (χ0n) is 9.54. The Balaban J connectivity index is -0.000000480. The number of amides is 1. The van der Waals surface area contributed by atoms with Crippen LogP contribution in [0.1, 0.15) is 17.6 Å². The zero-order chi connectivity index (χ0) is 9.14. The van der Waals surface area contributed by atoms with Gasteiger partial charge in [-0.25, -0.2) is 11.3 Å². The summed E-state index contributed by atoms with van der Waals surface area (Å²) in [5.74, 6) is 0. The second-order valence-electron chi connectivity index (χ2n) is 2.50. The minimum absolute atomic E-state index is 0. The van der Waals surface area contributed by atoms with E-state index in [2.05, 4.69) is 4.98 Å². The molecule has 1 rings (SSSR count). The van der Waals surface area contributed by atoms with Gasteiger partial charge in [0.2, 0.25) is 0 Å². The molecule has 0 unspecified atom stereocenters. The van der Waals surface area contributed by atoms with Gasteiger partial charge in [-0.1, -0.05) is 6.92 Å². The minimum Gasteiger partial charge on any atom is -0.470 e. The van der Waals surface area contributed by atoms with E-state index in [1.807, 2.05) is 20.3 Å². The average Bonchev–Trinajstić information content (AvgIpc) is 2.45. The van der Waals surface area contributed by atoms with E-state index in [1.165, 1.54) is 4.90 Å². The van der Waals surface area contributed by atoms with Gasteiger partial charge in [-0.05, 0) is 31.1 Å². The van der Waals surface area contributed by atoms with Crippen LogP contribution in [0.2, 0.25) is 0 Å². The van der Waals surface area contributed by atoms with Crippen molar-refractivity contribution in [2.24, 2.45) is 0 Å². The fourth-order valence-electron chi connectivity index (χ4n) is 0.947. The van der Waals surface area contributed by atoms with Crippen LogP contribution in [-0.2, 0) is 11.2 Å². The monoisotopic (exact) mass is 984 g/mol. The summed E-state index contributed by atoms with van der Waals surface area (Å²) >= 11 is 1.54. The first-order valence-electron chi connectivity index (χ1n) is 3.76. The predicted octanol–water partition coefficient (Wildman–Crippen LogP) is 1.52. The Hall–Kier alpha value is -3.90. The summed E-state index contributed by atoms with van der Waals surface area (Å²) in [4.78, 5) is 16.1. The molecule has 15 heavy (non-hydrogen) atoms. The van der Waals surface area contributed by atoms with Gasteiger partial charge in [0.15, 0.2) is 0 Å². The molecule has 0 aromatic carbocycles. The van der Waals surface area contributed by atoms with E-state index in [0.717, 1.165) is 22.1 Å². The van der Waals surface area contributed by atoms with E-state index in [-0.39, 0.29) is 0 Å². The molecule has 0 aliphatic rings. The SMILES string of the molecule is CCc1nc(C)c(N(C)[C-]=O)s1.[Rf].[Rf].[Rf]. The standard InChI is InChI=1S/C8H11N2OS.3Rf/c1-4-7-9-6(2)8(12-7)10(3)5-11;;;/h4H2,1-3H3;;;/q-1;;;. The van der Waals surface area contributed by atoms with Crippen molar-refractivity contribution < 1.29 is 4.79 Å². The van der Waals surface area contributed by atoms with Crippen LogP contribution in [0.5, 0.6) is 0 Å². The molecule has 0 N–H and O–H groups in total. The number of aryl methyl sites for hydroxylation is 2. The van der Waals surface area contributed by atoms with Crippen molar-refractivity contribution in [3.63, 3.8) is 0 Å². The van der Waals surface area contributed by atoms with Crippen LogP contribution in [0.3, 0.4) is 0 Å². The first-order valence-corrected chi connectivity index (χ1v) is 4.58. The van der Waals surface area contributed by atoms with Crippen molar-refractivity contribution in [2.45, 2.75) is 20.3 Å². The number of nitrogens with zero attached hydrogens (tertiary/aromatic N) is 2. The molecule has 0 bridgehead atoms. The first kappa shape index (κ1) is 17.3. The van der Waals surface area contributed by atoms with Gasteiger partial charge in [-0.3, -0.25) is 4.98 Å². The van der Waals surface area contributed by atoms with E-state index in [4.69, 9.17) is 0 Å². The molecule has 1 heterocycles. The van der Waals surface area contributed by atoms with Crippen molar-refractivity contribution >= 4 is 22.7 Å². The molecule has 0 radical (unpaired) electrons. The summed E-state index contributed by atoms with van der Waals surface area (Å²) in [6, 6.07) is 0. The number of aromatic nitrogens is 1. The molecule has 0 saturated heterocycles. The molecule has 0 aliphatic heterocycles. The van der Waals surface area contributed by atoms with Crippen LogP contribution in [-0.4, -0.2) is 18.4 Å². The van der Waals surface area contributed by atoms with E-state index < -0.39 is 0 Å². The Morgan fingerprint density at radius 1 is 1.40 bits per heavy atom. The molecular weight excluding hydrogens is 973 g/mol. The van der Waals surface area contributed by atoms with Crippen molar-refractivity contribution in [3.8, 4) is 0 Å². The van der Waals surface area contributed by atoms with Crippen LogP contribution in [0.15, 0.2) is 0 Å². The maximum Gasteiger partial charge on any atom is 0.0750 e. The molecule has 1 aromatic rings. The van der Waals surface area contributed by atoms with Crippen LogP contribution in [0.4, 0.5) is 5.00 Å². The van der Waals surface area contributed by atoms with Gasteiger partial charge in [0.05, 0.1) is 11.4 Å². The smallest absolute Gasteiger partial charge is 0.0750 e. The van der Waals surface area contributed by atoms with Gasteiger partial charge < -0.3 is 9.69 Å². The number of hydrogen-bond acceptors (Lipinski definition) is 3. The maximum atomic E-state index is 10.3. The third kappa shape index (κ3) is 2.56. The Morgan fingerprint density at radius 2 is 1.93 bits per heavy atom. The van der Waals surface area contributed by atoms with Crippen molar-refractivity contribution in [2.75, 3.05) is 11.9 Å². The minimum atomic E-state index is 0. The van der Waals surface area contributed by atoms with Gasteiger partial charge in [-0.2, -0.15) is 0 Å². The Bertz CT molecular complexity index is 293. The quantitative estimate of drug-likeness (QED) is 0.341. The van der Waals surface area contributed by atoms with Gasteiger partial charge in [0, 0.05) is 0 Å². The molecular formula is C8H11N2ORf3S-. The summed E-state index contributed by atoms with van der Waals surface area (Å²) in [6.45, 7) is 3.95. The fourth-order valence-corrected chi connectivity index (χ4v) is 1.86. The topological polar surface area (TPSA) is 33.2 Å². The molecule has 3 nitrogen and oxygen atoms in total. The summed E-state index contributed by atoms with van der Waals surface area (Å²) in [5, 5.41) is 1.95. The number of anilines is 1. The van der Waals surface area contributed by atoms with E-state index in [9.17, 15) is 4.79 Å². The van der Waals surface area contributed by atoms with Gasteiger partial charge in [0.25, 0.3) is 0 Å². The van der Waals surface area contributed by atoms with Gasteiger partial charge in [-0.15, -0.1) is 0 Å². The van der Waals surface area contributed by atoms with Crippen LogP contribution >= 0.6 is 11.3 Å². The molecule has 0 spiro atoms. The average molecular weight is 984 g/mol. The molecule has 1 aromatic heterocycles. The van der Waals surface area contributed by atoms with Crippen molar-refractivity contribution in [1.29, 1.82) is 0 Å². The summed E-state index contributed by atoms with van der Waals surface area (Å²) < 4.78 is 0. The Labute approximate surface area is 76.0 Å². The second-order valence-corrected chi connectivity index (χ2v) is 3.56. The number of carbonyl (C=O) groups excluding carboxylic acids is 1. The summed E-state index contributed by atoms with van der Waals surface area (Å²) in [6.07, 6.45) is 2.73. The van der Waals surface area contributed by atoms with Crippen LogP contribution in [0.25, 0.3) is 0 Å². The largest absolute Gasteiger partial charge is 0.470 e. The normalized spacial score (nSPS) is 7.93. The van der Waals surface area contributed by atoms with Crippen molar-refractivity contribution in [3.05, 3.63) is 10.7 Å². The molecule has 0 atom stereocenters. The molecule has 0 aliphatic carbocycles. The zero-order valence-corrected chi connectivity index (χ0v) is 29.6. The predicted molar refractivity (Wildman–Crippen MR) is 50.3 cm³/mol. The number of rotatable bonds is 3. The second kappa shape index (κ2) is 5.71. The molecule has 1 amide bonds. The van der Waals surface area contributed by atoms with E-state index in [0.29, 0.717) is 0 Å². The van der Waals surface area contributed by atoms with Gasteiger partial charge in [0.1, 0.15) is 0 Å². The summed E-state index contributed by atoms with van der Waals surface area (Å²) in [5.41, 5.74) is 0.905. The Morgan fingerprint density at radius 3 is 2.27 bits per heavy atom. The van der Waals surface area contributed by atoms with Crippen LogP contribution in [0, 0.1) is 6.92 Å². The first-order chi connectivity index (χ1) is 5.69. The third-order valence-corrected chi connectivity index (χ3v) is 2.94. The third-order valence-electron chi connectivity index (χ3n) is 1.56. The van der Waals surface area contributed by atoms with Crippen LogP contribution < -0.4 is 4.90 Å². The molecule has 0 fully saturated rings. The maximum absolute atomic E-state index is 10.3. The van der Waals surface area contributed by atoms with Gasteiger partial charge >= 0.3 is 0 Å². The van der Waals surface area contributed by atoms with E-state index in [1.54, 1.807) is 18.4 Å². The Kier molecular flexibility index (Phi) is 6.57. The molecule has 72 valence electrons. The molecule has 7 heteroatoms. The number of hydrogen-bond donors (Lipinski definition) is 0. The van der Waals surface area contributed by atoms with E-state index >= 15 is 0 Å². The van der Waals surface area contributed by atoms with Crippen molar-refractivity contribution in [1.82, 2.24) is 4.98 Å². The number of thiazole rings is 1.